The molecule has 0 spiro atoms. The van der Waals surface area contributed by atoms with E-state index in [2.05, 4.69) is 23.5 Å². The third kappa shape index (κ3) is 5.07. The first kappa shape index (κ1) is 21.8. The lowest BCUT2D eigenvalue weighted by molar-refractivity contribution is 0.100. The van der Waals surface area contributed by atoms with E-state index in [1.165, 1.54) is 27.7 Å². The first-order valence-corrected chi connectivity index (χ1v) is 12.4. The first-order valence-electron chi connectivity index (χ1n) is 10.7. The van der Waals surface area contributed by atoms with Crippen LogP contribution in [0.15, 0.2) is 40.8 Å². The number of hydrogen-bond donors (Lipinski definition) is 2. The Morgan fingerprint density at radius 3 is 2.65 bits per heavy atom. The van der Waals surface area contributed by atoms with Crippen molar-refractivity contribution in [2.24, 2.45) is 11.7 Å². The van der Waals surface area contributed by atoms with Gasteiger partial charge in [0.25, 0.3) is 11.5 Å². The van der Waals surface area contributed by atoms with Gasteiger partial charge in [-0.25, -0.2) is 4.37 Å². The number of pyridine rings is 1. The number of nitrogens with zero attached hydrogens (tertiary/aromatic N) is 2. The number of nitrogens with one attached hydrogen (secondary N) is 1. The lowest BCUT2D eigenvalue weighted by Gasteiger charge is -2.29. The number of amides is 1. The van der Waals surface area contributed by atoms with Crippen LogP contribution in [0.2, 0.25) is 0 Å². The van der Waals surface area contributed by atoms with Crippen molar-refractivity contribution in [3.05, 3.63) is 56.1 Å². The number of thiophene rings is 1. The fraction of sp³-hybridized carbons (Fsp3) is 0.435. The number of carbonyl (C=O) groups excluding carboxylic acids is 1. The second kappa shape index (κ2) is 9.36. The van der Waals surface area contributed by atoms with Crippen LogP contribution in [0.25, 0.3) is 11.1 Å². The summed E-state index contributed by atoms with van der Waals surface area (Å²) in [7, 11) is 0. The van der Waals surface area contributed by atoms with E-state index in [0.717, 1.165) is 36.8 Å². The molecule has 1 saturated carbocycles. The third-order valence-electron chi connectivity index (χ3n) is 5.77. The molecule has 1 aliphatic rings. The van der Waals surface area contributed by atoms with Crippen LogP contribution in [0.1, 0.15) is 60.0 Å². The summed E-state index contributed by atoms with van der Waals surface area (Å²) < 4.78 is 6.03. The van der Waals surface area contributed by atoms with Crippen LogP contribution in [0, 0.1) is 5.92 Å². The highest BCUT2D eigenvalue weighted by Gasteiger charge is 2.25. The topological polar surface area (TPSA) is 90.0 Å². The van der Waals surface area contributed by atoms with Crippen LogP contribution in [0.4, 0.5) is 5.69 Å². The Balaban J connectivity index is 1.49. The molecule has 0 saturated heterocycles. The average Bonchev–Trinajstić information content (AvgIpc) is 3.43. The van der Waals surface area contributed by atoms with Crippen LogP contribution in [0.3, 0.4) is 0 Å². The Morgan fingerprint density at radius 1 is 1.26 bits per heavy atom. The maximum atomic E-state index is 13.1. The maximum absolute atomic E-state index is 13.1. The van der Waals surface area contributed by atoms with Gasteiger partial charge in [0.2, 0.25) is 0 Å². The van der Waals surface area contributed by atoms with Crippen LogP contribution in [-0.2, 0) is 6.54 Å². The van der Waals surface area contributed by atoms with Gasteiger partial charge in [-0.05, 0) is 67.3 Å². The molecule has 0 radical (unpaired) electrons. The van der Waals surface area contributed by atoms with Gasteiger partial charge in [0.1, 0.15) is 5.69 Å². The molecule has 3 N–H and O–H groups in total. The first-order chi connectivity index (χ1) is 14.9. The summed E-state index contributed by atoms with van der Waals surface area (Å²) in [5.41, 5.74) is 8.15. The van der Waals surface area contributed by atoms with Gasteiger partial charge in [-0.15, -0.1) is 11.3 Å². The number of rotatable bonds is 7. The minimum Gasteiger partial charge on any atom is -0.378 e. The van der Waals surface area contributed by atoms with Gasteiger partial charge >= 0.3 is 0 Å². The lowest BCUT2D eigenvalue weighted by atomic mass is 9.85. The molecule has 0 unspecified atom stereocenters. The summed E-state index contributed by atoms with van der Waals surface area (Å²) in [5, 5.41) is 5.55. The Morgan fingerprint density at radius 2 is 2.03 bits per heavy atom. The number of nitrogens with two attached hydrogens (primary N) is 1. The predicted octanol–water partition coefficient (Wildman–Crippen LogP) is 4.93. The van der Waals surface area contributed by atoms with Gasteiger partial charge in [0.05, 0.1) is 4.88 Å². The number of primary amides is 1. The van der Waals surface area contributed by atoms with Crippen molar-refractivity contribution in [2.45, 2.75) is 58.0 Å². The fourth-order valence-electron chi connectivity index (χ4n) is 4.22. The summed E-state index contributed by atoms with van der Waals surface area (Å²) in [4.78, 5) is 26.3. The maximum Gasteiger partial charge on any atom is 0.273 e. The molecule has 0 atom stereocenters. The smallest absolute Gasteiger partial charge is 0.273 e. The van der Waals surface area contributed by atoms with Gasteiger partial charge in [-0.3, -0.25) is 9.59 Å². The zero-order chi connectivity index (χ0) is 22.0. The van der Waals surface area contributed by atoms with Crippen LogP contribution < -0.4 is 16.6 Å². The van der Waals surface area contributed by atoms with Crippen molar-refractivity contribution in [3.8, 4) is 11.1 Å². The summed E-state index contributed by atoms with van der Waals surface area (Å²) in [6, 6.07) is 6.09. The minimum atomic E-state index is -0.356. The van der Waals surface area contributed by atoms with Gasteiger partial charge in [-0.1, -0.05) is 13.8 Å². The van der Waals surface area contributed by atoms with Crippen molar-refractivity contribution < 1.29 is 4.79 Å². The van der Waals surface area contributed by atoms with Gasteiger partial charge in [0, 0.05) is 46.4 Å². The summed E-state index contributed by atoms with van der Waals surface area (Å²) >= 11 is 2.93. The molecule has 4 rings (SSSR count). The second-order valence-electron chi connectivity index (χ2n) is 8.67. The van der Waals surface area contributed by atoms with Crippen molar-refractivity contribution in [2.75, 3.05) is 5.32 Å². The van der Waals surface area contributed by atoms with Crippen molar-refractivity contribution in [1.82, 2.24) is 8.94 Å². The molecule has 31 heavy (non-hydrogen) atoms. The predicted molar refractivity (Wildman–Crippen MR) is 128 cm³/mol. The zero-order valence-electron chi connectivity index (χ0n) is 17.8. The average molecular weight is 457 g/mol. The Kier molecular flexibility index (Phi) is 6.57. The molecule has 164 valence electrons. The van der Waals surface area contributed by atoms with E-state index in [4.69, 9.17) is 5.73 Å². The van der Waals surface area contributed by atoms with E-state index >= 15 is 0 Å². The van der Waals surface area contributed by atoms with Crippen LogP contribution >= 0.6 is 22.9 Å². The van der Waals surface area contributed by atoms with Crippen LogP contribution in [-0.4, -0.2) is 20.9 Å². The molecular formula is C23H28N4O2S2. The van der Waals surface area contributed by atoms with Crippen molar-refractivity contribution in [3.63, 3.8) is 0 Å². The van der Waals surface area contributed by atoms with E-state index in [-0.39, 0.29) is 17.5 Å². The van der Waals surface area contributed by atoms with E-state index in [1.54, 1.807) is 0 Å². The highest BCUT2D eigenvalue weighted by atomic mass is 32.1. The quantitative estimate of drug-likeness (QED) is 0.528. The summed E-state index contributed by atoms with van der Waals surface area (Å²) in [6.07, 6.45) is 7.84. The number of anilines is 1. The molecule has 1 aliphatic carbocycles. The number of aromatic nitrogens is 2. The van der Waals surface area contributed by atoms with Gasteiger partial charge < -0.3 is 15.6 Å². The molecule has 8 heteroatoms. The monoisotopic (exact) mass is 456 g/mol. The zero-order valence-corrected chi connectivity index (χ0v) is 19.5. The molecule has 0 aliphatic heterocycles. The third-order valence-corrected chi connectivity index (χ3v) is 7.62. The van der Waals surface area contributed by atoms with E-state index in [0.29, 0.717) is 28.9 Å². The largest absolute Gasteiger partial charge is 0.378 e. The fourth-order valence-corrected chi connectivity index (χ4v) is 5.80. The van der Waals surface area contributed by atoms with E-state index < -0.39 is 0 Å². The summed E-state index contributed by atoms with van der Waals surface area (Å²) in [5.74, 6) is 0.481. The Labute approximate surface area is 190 Å². The SMILES string of the molecule is CC(C)Cn1cc(-c2cnsc2)cc(NC2CCC(c3ccc(C(N)=O)s3)CC2)c1=O. The lowest BCUT2D eigenvalue weighted by Crippen LogP contribution is -2.31. The molecule has 3 aromatic heterocycles. The van der Waals surface area contributed by atoms with E-state index in [9.17, 15) is 9.59 Å². The molecule has 0 aromatic carbocycles. The second-order valence-corrected chi connectivity index (χ2v) is 10.4. The Bertz CT molecular complexity index is 1090. The van der Waals surface area contributed by atoms with E-state index in [1.807, 2.05) is 40.5 Å². The molecule has 3 aromatic rings. The Hall–Kier alpha value is -2.45. The molecule has 1 amide bonds. The molecule has 6 nitrogen and oxygen atoms in total. The van der Waals surface area contributed by atoms with Gasteiger partial charge in [0.15, 0.2) is 0 Å². The molecule has 3 heterocycles. The summed E-state index contributed by atoms with van der Waals surface area (Å²) in [6.45, 7) is 4.92. The van der Waals surface area contributed by atoms with Crippen molar-refractivity contribution in [1.29, 1.82) is 0 Å². The standard InChI is InChI=1S/C23H28N4O2S2/c1-14(2)11-27-12-16(17-10-25-30-13-17)9-19(23(27)29)26-18-5-3-15(4-6-18)20-7-8-21(31-20)22(24)28/h7-10,12-15,18,26H,3-6,11H2,1-2H3,(H2,24,28). The van der Waals surface area contributed by atoms with Crippen LogP contribution in [0.5, 0.6) is 0 Å². The number of carbonyl (C=O) groups is 1. The van der Waals surface area contributed by atoms with Crippen molar-refractivity contribution >= 4 is 34.5 Å². The highest BCUT2D eigenvalue weighted by Crippen LogP contribution is 2.37. The molecular weight excluding hydrogens is 428 g/mol. The highest BCUT2D eigenvalue weighted by molar-refractivity contribution is 7.14. The number of hydrogen-bond acceptors (Lipinski definition) is 6. The minimum absolute atomic E-state index is 0.0344. The molecule has 0 bridgehead atoms. The normalized spacial score (nSPS) is 18.9. The van der Waals surface area contributed by atoms with Gasteiger partial charge in [-0.2, -0.15) is 0 Å². The molecule has 1 fully saturated rings.